The molecule has 132 valence electrons. The molecule has 0 bridgehead atoms. The Morgan fingerprint density at radius 2 is 1.96 bits per heavy atom. The number of hydrazone groups is 1. The third-order valence-corrected chi connectivity index (χ3v) is 4.66. The minimum absolute atomic E-state index is 0.113. The summed E-state index contributed by atoms with van der Waals surface area (Å²) in [5.41, 5.74) is 3.42. The van der Waals surface area contributed by atoms with Gasteiger partial charge in [0.1, 0.15) is 5.75 Å². The van der Waals surface area contributed by atoms with E-state index in [-0.39, 0.29) is 17.5 Å². The highest BCUT2D eigenvalue weighted by atomic mass is 79.9. The van der Waals surface area contributed by atoms with Crippen molar-refractivity contribution in [3.05, 3.63) is 38.7 Å². The van der Waals surface area contributed by atoms with E-state index in [1.807, 2.05) is 4.90 Å². The smallest absolute Gasteiger partial charge is 0.245 e. The first kappa shape index (κ1) is 18.0. The van der Waals surface area contributed by atoms with Crippen molar-refractivity contribution in [3.63, 3.8) is 0 Å². The number of phenolic OH excluding ortho intramolecular Hbond substituents is 1. The number of hydrogen-bond donors (Lipinski definition) is 2. The first-order chi connectivity index (χ1) is 12.0. The van der Waals surface area contributed by atoms with Crippen molar-refractivity contribution in [2.45, 2.75) is 0 Å². The monoisotopic (exact) mass is 473 g/mol. The number of aromatic nitrogens is 2. The van der Waals surface area contributed by atoms with Crippen molar-refractivity contribution < 1.29 is 14.2 Å². The van der Waals surface area contributed by atoms with Gasteiger partial charge in [-0.15, -0.1) is 0 Å². The number of hydrogen-bond acceptors (Lipinski definition) is 7. The van der Waals surface area contributed by atoms with Gasteiger partial charge in [-0.2, -0.15) is 10.1 Å². The number of ether oxygens (including phenoxy) is 1. The van der Waals surface area contributed by atoms with Crippen molar-refractivity contribution in [1.29, 1.82) is 0 Å². The standard InChI is InChI=1S/C15H14Br2FN5O2/c16-10-5-9(6-11(17)13(10)24)7-20-22-15-19-8-12(18)14(21-15)23-1-3-25-4-2-23/h5-8,24H,1-4H2,(H,19,21,22). The van der Waals surface area contributed by atoms with Crippen molar-refractivity contribution in [2.75, 3.05) is 36.6 Å². The van der Waals surface area contributed by atoms with Crippen LogP contribution in [0.2, 0.25) is 0 Å². The number of halogens is 3. The SMILES string of the molecule is Oc1c(Br)cc(C=NNc2ncc(F)c(N3CCOCC3)n2)cc1Br. The van der Waals surface area contributed by atoms with Gasteiger partial charge in [-0.1, -0.05) is 0 Å². The predicted octanol–water partition coefficient (Wildman–Crippen LogP) is 3.13. The van der Waals surface area contributed by atoms with Crippen molar-refractivity contribution in [3.8, 4) is 5.75 Å². The van der Waals surface area contributed by atoms with Gasteiger partial charge in [-0.25, -0.2) is 14.8 Å². The zero-order valence-corrected chi connectivity index (χ0v) is 16.1. The predicted molar refractivity (Wildman–Crippen MR) is 99.7 cm³/mol. The minimum atomic E-state index is -0.483. The Kier molecular flexibility index (Phi) is 5.82. The summed E-state index contributed by atoms with van der Waals surface area (Å²) in [6.07, 6.45) is 2.65. The lowest BCUT2D eigenvalue weighted by Crippen LogP contribution is -2.37. The lowest BCUT2D eigenvalue weighted by molar-refractivity contribution is 0.122. The summed E-state index contributed by atoms with van der Waals surface area (Å²) in [6.45, 7) is 2.22. The van der Waals surface area contributed by atoms with Gasteiger partial charge in [0.05, 0.1) is 34.6 Å². The molecule has 2 aromatic rings. The number of phenols is 1. The van der Waals surface area contributed by atoms with Gasteiger partial charge < -0.3 is 14.7 Å². The molecule has 0 unspecified atom stereocenters. The van der Waals surface area contributed by atoms with Crippen LogP contribution in [-0.2, 0) is 4.74 Å². The fraction of sp³-hybridized carbons (Fsp3) is 0.267. The Morgan fingerprint density at radius 1 is 1.28 bits per heavy atom. The maximum Gasteiger partial charge on any atom is 0.245 e. The molecular weight excluding hydrogens is 461 g/mol. The molecule has 1 aromatic carbocycles. The topological polar surface area (TPSA) is 82.9 Å². The summed E-state index contributed by atoms with van der Waals surface area (Å²) in [7, 11) is 0. The first-order valence-electron chi connectivity index (χ1n) is 7.37. The first-order valence-corrected chi connectivity index (χ1v) is 8.95. The molecule has 1 saturated heterocycles. The lowest BCUT2D eigenvalue weighted by atomic mass is 10.2. The van der Waals surface area contributed by atoms with Gasteiger partial charge in [-0.05, 0) is 49.6 Å². The van der Waals surface area contributed by atoms with E-state index >= 15 is 0 Å². The summed E-state index contributed by atoms with van der Waals surface area (Å²) < 4.78 is 20.3. The number of aromatic hydroxyl groups is 1. The second-order valence-electron chi connectivity index (χ2n) is 5.17. The molecule has 10 heteroatoms. The van der Waals surface area contributed by atoms with Crippen molar-refractivity contribution in [2.24, 2.45) is 5.10 Å². The lowest BCUT2D eigenvalue weighted by Gasteiger charge is -2.27. The number of morpholine rings is 1. The number of nitrogens with zero attached hydrogens (tertiary/aromatic N) is 4. The van der Waals surface area contributed by atoms with E-state index in [0.717, 1.165) is 11.8 Å². The minimum Gasteiger partial charge on any atom is -0.506 e. The van der Waals surface area contributed by atoms with Crippen molar-refractivity contribution >= 4 is 49.8 Å². The van der Waals surface area contributed by atoms with E-state index in [4.69, 9.17) is 4.74 Å². The zero-order valence-electron chi connectivity index (χ0n) is 12.9. The molecule has 0 radical (unpaired) electrons. The van der Waals surface area contributed by atoms with Crippen molar-refractivity contribution in [1.82, 2.24) is 9.97 Å². The Hall–Kier alpha value is -1.78. The fourth-order valence-corrected chi connectivity index (χ4v) is 3.45. The molecule has 1 aliphatic heterocycles. The second kappa shape index (κ2) is 8.07. The fourth-order valence-electron chi connectivity index (χ4n) is 2.23. The van der Waals surface area contributed by atoms with Gasteiger partial charge in [0.2, 0.25) is 5.95 Å². The van der Waals surface area contributed by atoms with Crippen LogP contribution in [0.15, 0.2) is 32.4 Å². The molecule has 1 aromatic heterocycles. The maximum atomic E-state index is 14.0. The Bertz CT molecular complexity index is 776. The highest BCUT2D eigenvalue weighted by Crippen LogP contribution is 2.32. The van der Waals surface area contributed by atoms with Crippen LogP contribution in [-0.4, -0.2) is 47.6 Å². The van der Waals surface area contributed by atoms with E-state index in [1.54, 1.807) is 12.1 Å². The van der Waals surface area contributed by atoms with E-state index in [1.165, 1.54) is 6.21 Å². The summed E-state index contributed by atoms with van der Waals surface area (Å²) in [5, 5.41) is 13.7. The maximum absolute atomic E-state index is 14.0. The summed E-state index contributed by atoms with van der Waals surface area (Å²) >= 11 is 6.50. The van der Waals surface area contributed by atoms with Crippen LogP contribution in [0.4, 0.5) is 16.2 Å². The molecular formula is C15H14Br2FN5O2. The molecule has 25 heavy (non-hydrogen) atoms. The Balaban J connectivity index is 1.73. The second-order valence-corrected chi connectivity index (χ2v) is 6.88. The largest absolute Gasteiger partial charge is 0.506 e. The number of benzene rings is 1. The molecule has 0 aliphatic carbocycles. The molecule has 2 heterocycles. The molecule has 0 amide bonds. The summed E-state index contributed by atoms with van der Waals surface area (Å²) in [4.78, 5) is 9.87. The highest BCUT2D eigenvalue weighted by Gasteiger charge is 2.17. The van der Waals surface area contributed by atoms with Gasteiger partial charge in [0, 0.05) is 13.1 Å². The third kappa shape index (κ3) is 4.44. The molecule has 2 N–H and O–H groups in total. The average molecular weight is 475 g/mol. The van der Waals surface area contributed by atoms with Crippen LogP contribution >= 0.6 is 31.9 Å². The van der Waals surface area contributed by atoms with Gasteiger partial charge in [-0.3, -0.25) is 0 Å². The van der Waals surface area contributed by atoms with Crippen LogP contribution in [0.3, 0.4) is 0 Å². The normalized spacial score (nSPS) is 14.9. The zero-order chi connectivity index (χ0) is 17.8. The van der Waals surface area contributed by atoms with E-state index in [9.17, 15) is 9.50 Å². The molecule has 7 nitrogen and oxygen atoms in total. The van der Waals surface area contributed by atoms with Gasteiger partial charge >= 0.3 is 0 Å². The van der Waals surface area contributed by atoms with Gasteiger partial charge in [0.15, 0.2) is 11.6 Å². The van der Waals surface area contributed by atoms with Crippen LogP contribution in [0.25, 0.3) is 0 Å². The highest BCUT2D eigenvalue weighted by molar-refractivity contribution is 9.11. The molecule has 1 fully saturated rings. The van der Waals surface area contributed by atoms with E-state index < -0.39 is 5.82 Å². The summed E-state index contributed by atoms with van der Waals surface area (Å²) in [5.74, 6) is 0.0483. The molecule has 0 spiro atoms. The Labute approximate surface area is 160 Å². The van der Waals surface area contributed by atoms with Gasteiger partial charge in [0.25, 0.3) is 0 Å². The number of rotatable bonds is 4. The van der Waals surface area contributed by atoms with Crippen LogP contribution in [0, 0.1) is 5.82 Å². The number of nitrogens with one attached hydrogen (secondary N) is 1. The van der Waals surface area contributed by atoms with E-state index in [0.29, 0.717) is 35.2 Å². The molecule has 1 aliphatic rings. The summed E-state index contributed by atoms with van der Waals surface area (Å²) in [6, 6.07) is 3.41. The Morgan fingerprint density at radius 3 is 2.64 bits per heavy atom. The molecule has 3 rings (SSSR count). The quantitative estimate of drug-likeness (QED) is 0.523. The van der Waals surface area contributed by atoms with E-state index in [2.05, 4.69) is 52.4 Å². The van der Waals surface area contributed by atoms with Crippen LogP contribution < -0.4 is 10.3 Å². The third-order valence-electron chi connectivity index (χ3n) is 3.45. The molecule has 0 atom stereocenters. The molecule has 0 saturated carbocycles. The van der Waals surface area contributed by atoms with Crippen LogP contribution in [0.5, 0.6) is 5.75 Å². The average Bonchev–Trinajstić information content (AvgIpc) is 2.62. The van der Waals surface area contributed by atoms with Crippen LogP contribution in [0.1, 0.15) is 5.56 Å². The number of anilines is 2.